The van der Waals surface area contributed by atoms with Gasteiger partial charge in [0.15, 0.2) is 0 Å². The molecule has 2 fully saturated rings. The fourth-order valence-corrected chi connectivity index (χ4v) is 2.83. The van der Waals surface area contributed by atoms with E-state index < -0.39 is 0 Å². The Kier molecular flexibility index (Phi) is 6.18. The summed E-state index contributed by atoms with van der Waals surface area (Å²) in [7, 11) is 1.31. The molecule has 124 valence electrons. The number of hydrogen-bond acceptors (Lipinski definition) is 5. The predicted octanol–water partition coefficient (Wildman–Crippen LogP) is 0.180. The van der Waals surface area contributed by atoms with E-state index in [0.717, 1.165) is 19.3 Å². The van der Waals surface area contributed by atoms with Crippen molar-refractivity contribution in [1.82, 2.24) is 9.80 Å². The third-order valence-electron chi connectivity index (χ3n) is 4.14. The Balaban J connectivity index is 1.80. The van der Waals surface area contributed by atoms with E-state index in [1.807, 2.05) is 0 Å². The van der Waals surface area contributed by atoms with Gasteiger partial charge in [0.2, 0.25) is 5.91 Å². The van der Waals surface area contributed by atoms with Crippen LogP contribution in [0.2, 0.25) is 0 Å². The normalized spacial score (nSPS) is 22.3. The molecule has 2 saturated heterocycles. The largest absolute Gasteiger partial charge is 0.469 e. The lowest BCUT2D eigenvalue weighted by Gasteiger charge is -2.24. The van der Waals surface area contributed by atoms with Crippen molar-refractivity contribution in [2.45, 2.75) is 38.2 Å². The van der Waals surface area contributed by atoms with Crippen molar-refractivity contribution in [2.75, 3.05) is 39.9 Å². The summed E-state index contributed by atoms with van der Waals surface area (Å²) in [6.07, 6.45) is 2.43. The molecule has 2 rings (SSSR count). The maximum atomic E-state index is 12.3. The molecule has 0 radical (unpaired) electrons. The molecule has 2 heterocycles. The summed E-state index contributed by atoms with van der Waals surface area (Å²) in [6.45, 7) is 2.97. The highest BCUT2D eigenvalue weighted by molar-refractivity contribution is 5.82. The summed E-state index contributed by atoms with van der Waals surface area (Å²) < 4.78 is 9.98. The number of ether oxygens (including phenoxy) is 2. The van der Waals surface area contributed by atoms with E-state index in [9.17, 15) is 14.4 Å². The van der Waals surface area contributed by atoms with Gasteiger partial charge in [-0.3, -0.25) is 14.4 Å². The molecule has 0 spiro atoms. The van der Waals surface area contributed by atoms with Crippen molar-refractivity contribution in [2.24, 2.45) is 0 Å². The number of amides is 2. The van der Waals surface area contributed by atoms with Crippen LogP contribution in [0.1, 0.15) is 32.1 Å². The van der Waals surface area contributed by atoms with Crippen molar-refractivity contribution < 1.29 is 23.9 Å². The quantitative estimate of drug-likeness (QED) is 0.692. The Morgan fingerprint density at radius 3 is 2.45 bits per heavy atom. The third-order valence-corrected chi connectivity index (χ3v) is 4.14. The van der Waals surface area contributed by atoms with Gasteiger partial charge >= 0.3 is 5.97 Å². The van der Waals surface area contributed by atoms with Gasteiger partial charge in [0.1, 0.15) is 6.10 Å². The molecule has 2 aliphatic rings. The fraction of sp³-hybridized carbons (Fsp3) is 0.800. The van der Waals surface area contributed by atoms with Crippen LogP contribution in [0.3, 0.4) is 0 Å². The van der Waals surface area contributed by atoms with Gasteiger partial charge in [0.05, 0.1) is 13.5 Å². The Labute approximate surface area is 130 Å². The lowest BCUT2D eigenvalue weighted by atomic mass is 10.2. The summed E-state index contributed by atoms with van der Waals surface area (Å²) in [5.41, 5.74) is 0. The minimum Gasteiger partial charge on any atom is -0.469 e. The number of carbonyl (C=O) groups is 3. The molecule has 0 N–H and O–H groups in total. The van der Waals surface area contributed by atoms with E-state index in [-0.39, 0.29) is 36.7 Å². The van der Waals surface area contributed by atoms with Gasteiger partial charge in [-0.25, -0.2) is 0 Å². The molecule has 0 aliphatic carbocycles. The van der Waals surface area contributed by atoms with Gasteiger partial charge < -0.3 is 19.3 Å². The number of nitrogens with zero attached hydrogens (tertiary/aromatic N) is 2. The minimum atomic E-state index is -0.377. The maximum Gasteiger partial charge on any atom is 0.306 e. The average molecular weight is 312 g/mol. The van der Waals surface area contributed by atoms with Crippen LogP contribution in [0.5, 0.6) is 0 Å². The molecule has 7 heteroatoms. The topological polar surface area (TPSA) is 76.2 Å². The smallest absolute Gasteiger partial charge is 0.306 e. The molecule has 2 aliphatic heterocycles. The molecule has 0 bridgehead atoms. The van der Waals surface area contributed by atoms with Crippen LogP contribution < -0.4 is 0 Å². The van der Waals surface area contributed by atoms with Crippen LogP contribution >= 0.6 is 0 Å². The van der Waals surface area contributed by atoms with Crippen LogP contribution in [-0.2, 0) is 23.9 Å². The first-order chi connectivity index (χ1) is 10.6. The number of carbonyl (C=O) groups excluding carboxylic acids is 3. The maximum absolute atomic E-state index is 12.3. The second-order valence-corrected chi connectivity index (χ2v) is 5.64. The molecule has 1 unspecified atom stereocenters. The lowest BCUT2D eigenvalue weighted by molar-refractivity contribution is -0.143. The highest BCUT2D eigenvalue weighted by atomic mass is 16.5. The van der Waals surface area contributed by atoms with Crippen molar-refractivity contribution in [3.63, 3.8) is 0 Å². The fourth-order valence-electron chi connectivity index (χ4n) is 2.83. The van der Waals surface area contributed by atoms with Gasteiger partial charge in [-0.2, -0.15) is 0 Å². The molecule has 2 amide bonds. The van der Waals surface area contributed by atoms with E-state index >= 15 is 0 Å². The van der Waals surface area contributed by atoms with Gasteiger partial charge in [-0.05, 0) is 19.3 Å². The summed E-state index contributed by atoms with van der Waals surface area (Å²) in [5.74, 6) is -0.392. The minimum absolute atomic E-state index is 0.0429. The van der Waals surface area contributed by atoms with Crippen molar-refractivity contribution in [3.8, 4) is 0 Å². The van der Waals surface area contributed by atoms with Crippen molar-refractivity contribution in [3.05, 3.63) is 0 Å². The van der Waals surface area contributed by atoms with Crippen LogP contribution in [-0.4, -0.2) is 73.6 Å². The average Bonchev–Trinajstić information content (AvgIpc) is 2.96. The Hall–Kier alpha value is -1.63. The van der Waals surface area contributed by atoms with Crippen molar-refractivity contribution in [1.29, 1.82) is 0 Å². The number of esters is 1. The SMILES string of the molecule is COC(=O)CCC(=O)N1CCCN(C(=O)C2CCCO2)CC1. The van der Waals surface area contributed by atoms with E-state index in [4.69, 9.17) is 4.74 Å². The predicted molar refractivity (Wildman–Crippen MR) is 78.0 cm³/mol. The van der Waals surface area contributed by atoms with Crippen molar-refractivity contribution >= 4 is 17.8 Å². The summed E-state index contributed by atoms with van der Waals surface area (Å²) >= 11 is 0. The van der Waals surface area contributed by atoms with Gasteiger partial charge in [0.25, 0.3) is 5.91 Å². The standard InChI is InChI=1S/C15H24N2O5/c1-21-14(19)6-5-13(18)16-7-3-8-17(10-9-16)15(20)12-4-2-11-22-12/h12H,2-11H2,1H3. The molecule has 0 saturated carbocycles. The highest BCUT2D eigenvalue weighted by Gasteiger charge is 2.30. The molecular formula is C15H24N2O5. The van der Waals surface area contributed by atoms with E-state index in [1.54, 1.807) is 9.80 Å². The molecule has 22 heavy (non-hydrogen) atoms. The van der Waals surface area contributed by atoms with Gasteiger partial charge in [0, 0.05) is 39.2 Å². The first-order valence-corrected chi connectivity index (χ1v) is 7.87. The summed E-state index contributed by atoms with van der Waals surface area (Å²) in [5, 5.41) is 0. The second-order valence-electron chi connectivity index (χ2n) is 5.64. The van der Waals surface area contributed by atoms with E-state index in [2.05, 4.69) is 4.74 Å². The van der Waals surface area contributed by atoms with Gasteiger partial charge in [-0.1, -0.05) is 0 Å². The van der Waals surface area contributed by atoms with Crippen LogP contribution in [0.15, 0.2) is 0 Å². The molecule has 0 aromatic carbocycles. The second kappa shape index (κ2) is 8.12. The number of hydrogen-bond donors (Lipinski definition) is 0. The van der Waals surface area contributed by atoms with Gasteiger partial charge in [-0.15, -0.1) is 0 Å². The molecular weight excluding hydrogens is 288 g/mol. The zero-order chi connectivity index (χ0) is 15.9. The van der Waals surface area contributed by atoms with E-state index in [0.29, 0.717) is 32.8 Å². The first kappa shape index (κ1) is 16.7. The first-order valence-electron chi connectivity index (χ1n) is 7.87. The summed E-state index contributed by atoms with van der Waals surface area (Å²) in [4.78, 5) is 39.0. The third kappa shape index (κ3) is 4.43. The van der Waals surface area contributed by atoms with E-state index in [1.165, 1.54) is 7.11 Å². The van der Waals surface area contributed by atoms with Crippen LogP contribution in [0.4, 0.5) is 0 Å². The Morgan fingerprint density at radius 2 is 1.77 bits per heavy atom. The van der Waals surface area contributed by atoms with Crippen LogP contribution in [0.25, 0.3) is 0 Å². The zero-order valence-corrected chi connectivity index (χ0v) is 13.1. The Bertz CT molecular complexity index is 420. The number of rotatable bonds is 4. The molecule has 1 atom stereocenters. The zero-order valence-electron chi connectivity index (χ0n) is 13.1. The number of methoxy groups -OCH3 is 1. The Morgan fingerprint density at radius 1 is 1.05 bits per heavy atom. The monoisotopic (exact) mass is 312 g/mol. The lowest BCUT2D eigenvalue weighted by Crippen LogP contribution is -2.41. The highest BCUT2D eigenvalue weighted by Crippen LogP contribution is 2.16. The molecule has 0 aromatic rings. The molecule has 0 aromatic heterocycles. The molecule has 7 nitrogen and oxygen atoms in total. The van der Waals surface area contributed by atoms with Crippen LogP contribution in [0, 0.1) is 0 Å². The summed E-state index contributed by atoms with van der Waals surface area (Å²) in [6, 6.07) is 0.